The summed E-state index contributed by atoms with van der Waals surface area (Å²) in [7, 11) is 3.00. The number of benzene rings is 2. The van der Waals surface area contributed by atoms with E-state index >= 15 is 0 Å². The number of anilines is 2. The minimum absolute atomic E-state index is 0.0235. The van der Waals surface area contributed by atoms with Gasteiger partial charge in [0.2, 0.25) is 5.95 Å². The molecule has 2 aromatic carbocycles. The zero-order valence-corrected chi connectivity index (χ0v) is 23.9. The predicted octanol–water partition coefficient (Wildman–Crippen LogP) is 7.17. The van der Waals surface area contributed by atoms with Gasteiger partial charge in [-0.15, -0.1) is 0 Å². The summed E-state index contributed by atoms with van der Waals surface area (Å²) >= 11 is 0. The van der Waals surface area contributed by atoms with Crippen molar-refractivity contribution in [3.8, 4) is 5.75 Å². The first-order valence-corrected chi connectivity index (χ1v) is 13.3. The summed E-state index contributed by atoms with van der Waals surface area (Å²) in [5.41, 5.74) is -0.413. The highest BCUT2D eigenvalue weighted by Gasteiger charge is 2.38. The molecule has 0 bridgehead atoms. The summed E-state index contributed by atoms with van der Waals surface area (Å²) in [5.74, 6) is 0.150. The molecule has 0 saturated carbocycles. The summed E-state index contributed by atoms with van der Waals surface area (Å²) in [6.45, 7) is 5.75. The van der Waals surface area contributed by atoms with Gasteiger partial charge in [-0.1, -0.05) is 19.6 Å². The monoisotopic (exact) mass is 610 g/mol. The van der Waals surface area contributed by atoms with E-state index in [2.05, 4.69) is 21.9 Å². The maximum Gasteiger partial charge on any atom is 0.416 e. The molecule has 13 heteroatoms. The molecule has 0 atom stereocenters. The molecular formula is C30H32F6N4O3. The molecule has 0 aliphatic rings. The lowest BCUT2D eigenvalue weighted by Gasteiger charge is -2.25. The number of alkyl halides is 6. The Bertz CT molecular complexity index is 1410. The highest BCUT2D eigenvalue weighted by molar-refractivity contribution is 5.88. The number of aryl methyl sites for hydroxylation is 1. The van der Waals surface area contributed by atoms with Crippen LogP contribution in [-0.4, -0.2) is 43.2 Å². The Labute approximate surface area is 245 Å². The summed E-state index contributed by atoms with van der Waals surface area (Å²) in [4.78, 5) is 21.7. The maximum atomic E-state index is 13.8. The zero-order chi connectivity index (χ0) is 31.8. The lowest BCUT2D eigenvalue weighted by atomic mass is 10.0. The number of methoxy groups -OCH3 is 1. The number of rotatable bonds is 13. The van der Waals surface area contributed by atoms with Crippen molar-refractivity contribution in [3.63, 3.8) is 0 Å². The fraction of sp³-hybridized carbons (Fsp3) is 0.367. The minimum Gasteiger partial charge on any atom is -0.494 e. The highest BCUT2D eigenvalue weighted by atomic mass is 19.4. The number of halogens is 6. The highest BCUT2D eigenvalue weighted by Crippen LogP contribution is 2.38. The average molecular weight is 611 g/mol. The van der Waals surface area contributed by atoms with Gasteiger partial charge in [0, 0.05) is 43.8 Å². The number of esters is 1. The molecule has 1 N–H and O–H groups in total. The Morgan fingerprint density at radius 1 is 1.02 bits per heavy atom. The fourth-order valence-electron chi connectivity index (χ4n) is 4.21. The first kappa shape index (κ1) is 33.2. The third-order valence-electron chi connectivity index (χ3n) is 6.55. The van der Waals surface area contributed by atoms with Crippen LogP contribution in [0, 0.1) is 0 Å². The van der Waals surface area contributed by atoms with E-state index in [-0.39, 0.29) is 43.7 Å². The molecule has 0 amide bonds. The van der Waals surface area contributed by atoms with Crippen LogP contribution in [0.15, 0.2) is 55.4 Å². The second-order valence-corrected chi connectivity index (χ2v) is 9.55. The van der Waals surface area contributed by atoms with Crippen molar-refractivity contribution in [1.82, 2.24) is 9.97 Å². The van der Waals surface area contributed by atoms with E-state index in [9.17, 15) is 31.1 Å². The van der Waals surface area contributed by atoms with Gasteiger partial charge in [0.05, 0.1) is 31.3 Å². The molecule has 1 aromatic heterocycles. The molecule has 0 aliphatic carbocycles. The number of carbonyl (C=O) groups is 1. The number of ether oxygens (including phenoxy) is 2. The number of nitrogens with one attached hydrogen (secondary N) is 1. The molecule has 0 spiro atoms. The van der Waals surface area contributed by atoms with Crippen molar-refractivity contribution < 1.29 is 40.6 Å². The van der Waals surface area contributed by atoms with Crippen LogP contribution >= 0.6 is 0 Å². The van der Waals surface area contributed by atoms with Crippen LogP contribution in [-0.2, 0) is 34.8 Å². The summed E-state index contributed by atoms with van der Waals surface area (Å²) in [6.07, 6.45) is -5.90. The van der Waals surface area contributed by atoms with Gasteiger partial charge < -0.3 is 19.7 Å². The van der Waals surface area contributed by atoms with E-state index < -0.39 is 29.4 Å². The van der Waals surface area contributed by atoms with Crippen LogP contribution in [0.2, 0.25) is 0 Å². The van der Waals surface area contributed by atoms with Crippen LogP contribution in [0.3, 0.4) is 0 Å². The lowest BCUT2D eigenvalue weighted by Crippen LogP contribution is -2.28. The standard InChI is InChI=1S/C30H32F6N4O3/c1-5-20-16-38-28(39-17-20)40(18-21-7-8-22(29(31,32)33)14-25(21)30(34,35)36)11-6-12-43-23-9-10-26(37-3)24(15-23)19(2)13-27(41)42-4/h7-10,14-17,37H,2,5-6,11-13,18H2,1,3-4H3. The number of nitrogens with zero attached hydrogens (tertiary/aromatic N) is 3. The molecule has 0 radical (unpaired) electrons. The Hall–Kier alpha value is -4.29. The number of aromatic nitrogens is 2. The number of hydrogen-bond acceptors (Lipinski definition) is 7. The van der Waals surface area contributed by atoms with Crippen molar-refractivity contribution in [2.24, 2.45) is 0 Å². The van der Waals surface area contributed by atoms with Crippen LogP contribution in [0.25, 0.3) is 5.57 Å². The molecule has 0 aliphatic heterocycles. The van der Waals surface area contributed by atoms with Gasteiger partial charge in [-0.3, -0.25) is 4.79 Å². The van der Waals surface area contributed by atoms with Gasteiger partial charge in [0.1, 0.15) is 5.75 Å². The molecule has 0 fully saturated rings. The fourth-order valence-corrected chi connectivity index (χ4v) is 4.21. The molecule has 3 aromatic rings. The molecule has 1 heterocycles. The first-order chi connectivity index (χ1) is 20.3. The normalized spacial score (nSPS) is 11.7. The Morgan fingerprint density at radius 2 is 1.72 bits per heavy atom. The Kier molecular flexibility index (Phi) is 11.0. The van der Waals surface area contributed by atoms with Crippen LogP contribution in [0.5, 0.6) is 5.75 Å². The van der Waals surface area contributed by atoms with Crippen molar-refractivity contribution in [2.45, 2.75) is 45.1 Å². The van der Waals surface area contributed by atoms with Crippen molar-refractivity contribution >= 4 is 23.2 Å². The van der Waals surface area contributed by atoms with Gasteiger partial charge in [-0.2, -0.15) is 26.3 Å². The van der Waals surface area contributed by atoms with E-state index in [0.29, 0.717) is 35.8 Å². The minimum atomic E-state index is -5.01. The molecule has 3 rings (SSSR count). The topological polar surface area (TPSA) is 76.6 Å². The van der Waals surface area contributed by atoms with Gasteiger partial charge >= 0.3 is 18.3 Å². The van der Waals surface area contributed by atoms with Gasteiger partial charge in [0.15, 0.2) is 0 Å². The maximum absolute atomic E-state index is 13.8. The van der Waals surface area contributed by atoms with E-state index in [1.807, 2.05) is 6.92 Å². The smallest absolute Gasteiger partial charge is 0.416 e. The Morgan fingerprint density at radius 3 is 2.30 bits per heavy atom. The van der Waals surface area contributed by atoms with Gasteiger partial charge in [-0.25, -0.2) is 9.97 Å². The summed E-state index contributed by atoms with van der Waals surface area (Å²) < 4.78 is 91.6. The molecular weight excluding hydrogens is 578 g/mol. The molecule has 0 saturated heterocycles. The van der Waals surface area contributed by atoms with Crippen LogP contribution in [0.4, 0.5) is 38.0 Å². The second-order valence-electron chi connectivity index (χ2n) is 9.55. The molecule has 232 valence electrons. The van der Waals surface area contributed by atoms with E-state index in [1.165, 1.54) is 12.0 Å². The third kappa shape index (κ3) is 9.10. The largest absolute Gasteiger partial charge is 0.494 e. The Balaban J connectivity index is 1.80. The number of carbonyl (C=O) groups excluding carboxylic acids is 1. The summed E-state index contributed by atoms with van der Waals surface area (Å²) in [6, 6.07) is 6.77. The van der Waals surface area contributed by atoms with Crippen molar-refractivity contribution in [3.05, 3.63) is 83.2 Å². The molecule has 43 heavy (non-hydrogen) atoms. The van der Waals surface area contributed by atoms with E-state index in [4.69, 9.17) is 9.47 Å². The second kappa shape index (κ2) is 14.3. The number of hydrogen-bond donors (Lipinski definition) is 1. The quantitative estimate of drug-likeness (QED) is 0.125. The predicted molar refractivity (Wildman–Crippen MR) is 151 cm³/mol. The lowest BCUT2D eigenvalue weighted by molar-refractivity contribution is -0.143. The summed E-state index contributed by atoms with van der Waals surface area (Å²) in [5, 5.41) is 3.02. The SMILES string of the molecule is C=C(CC(=O)OC)c1cc(OCCCN(Cc2ccc(C(F)(F)F)cc2C(F)(F)F)c2ncc(CC)cn2)ccc1NC. The molecule has 0 unspecified atom stereocenters. The van der Waals surface area contributed by atoms with Crippen molar-refractivity contribution in [1.29, 1.82) is 0 Å². The zero-order valence-electron chi connectivity index (χ0n) is 23.9. The van der Waals surface area contributed by atoms with E-state index in [0.717, 1.165) is 17.3 Å². The van der Waals surface area contributed by atoms with E-state index in [1.54, 1.807) is 37.6 Å². The first-order valence-electron chi connectivity index (χ1n) is 13.3. The molecule has 7 nitrogen and oxygen atoms in total. The third-order valence-corrected chi connectivity index (χ3v) is 6.55. The van der Waals surface area contributed by atoms with Gasteiger partial charge in [-0.05, 0) is 59.9 Å². The van der Waals surface area contributed by atoms with Gasteiger partial charge in [0.25, 0.3) is 0 Å². The van der Waals surface area contributed by atoms with Crippen LogP contribution < -0.4 is 15.0 Å². The van der Waals surface area contributed by atoms with Crippen molar-refractivity contribution in [2.75, 3.05) is 37.5 Å². The average Bonchev–Trinajstić information content (AvgIpc) is 2.97. The van der Waals surface area contributed by atoms with Crippen LogP contribution in [0.1, 0.15) is 47.6 Å².